The molecule has 1 N–H and O–H groups in total. The third-order valence-corrected chi connectivity index (χ3v) is 9.48. The summed E-state index contributed by atoms with van der Waals surface area (Å²) in [6.07, 6.45) is 6.15. The number of hydrogen-bond acceptors (Lipinski definition) is 8. The van der Waals surface area contributed by atoms with E-state index in [0.717, 1.165) is 36.6 Å². The second-order valence-electron chi connectivity index (χ2n) is 10.2. The van der Waals surface area contributed by atoms with Gasteiger partial charge in [-0.15, -0.1) is 0 Å². The van der Waals surface area contributed by atoms with Gasteiger partial charge in [-0.05, 0) is 75.7 Å². The molecule has 0 aliphatic heterocycles. The molecular formula is C29H31ClFN5O3S. The zero-order valence-corrected chi connectivity index (χ0v) is 24.1. The minimum absolute atomic E-state index is 0.0694. The van der Waals surface area contributed by atoms with E-state index >= 15 is 4.39 Å². The van der Waals surface area contributed by atoms with Crippen molar-refractivity contribution in [3.8, 4) is 17.0 Å². The lowest BCUT2D eigenvalue weighted by Gasteiger charge is -2.32. The summed E-state index contributed by atoms with van der Waals surface area (Å²) in [6, 6.07) is 13.7. The smallest absolute Gasteiger partial charge is 0.223 e. The maximum absolute atomic E-state index is 15.2. The summed E-state index contributed by atoms with van der Waals surface area (Å²) in [4.78, 5) is 15.6. The molecule has 1 aliphatic rings. The third-order valence-electron chi connectivity index (χ3n) is 7.36. The maximum Gasteiger partial charge on any atom is 0.223 e. The standard InChI is InChI=1S/C29H31ClFN5O3S/c1-36(2)21-11-9-20(10-12-21)33-29-32-16-19-14-18(8-13-25(19)35-29)22-15-24(31)26(34-28(22)39-3)17-40(37,38)27-7-5-4-6-23(27)30/h4-8,13-16,20-21H,9-12,17H2,1-3H3,(H,32,33,35). The number of fused-ring (bicyclic) bond motifs is 1. The number of aromatic nitrogens is 3. The van der Waals surface area contributed by atoms with Gasteiger partial charge in [-0.25, -0.2) is 27.8 Å². The fourth-order valence-corrected chi connectivity index (χ4v) is 6.97. The van der Waals surface area contributed by atoms with Crippen LogP contribution in [0, 0.1) is 5.82 Å². The molecule has 0 bridgehead atoms. The van der Waals surface area contributed by atoms with Crippen molar-refractivity contribution in [3.05, 3.63) is 71.3 Å². The Bertz CT molecular complexity index is 1640. The number of rotatable bonds is 8. The van der Waals surface area contributed by atoms with Gasteiger partial charge in [-0.1, -0.05) is 29.8 Å². The highest BCUT2D eigenvalue weighted by atomic mass is 35.5. The molecule has 1 aliphatic carbocycles. The lowest BCUT2D eigenvalue weighted by atomic mass is 9.91. The number of nitrogens with one attached hydrogen (secondary N) is 1. The van der Waals surface area contributed by atoms with Gasteiger partial charge in [0.15, 0.2) is 9.84 Å². The van der Waals surface area contributed by atoms with Crippen molar-refractivity contribution in [2.45, 2.75) is 48.4 Å². The maximum atomic E-state index is 15.2. The molecule has 0 saturated heterocycles. The molecule has 11 heteroatoms. The molecule has 0 spiro atoms. The third kappa shape index (κ3) is 6.04. The summed E-state index contributed by atoms with van der Waals surface area (Å²) >= 11 is 6.07. The Morgan fingerprint density at radius 1 is 1.07 bits per heavy atom. The van der Waals surface area contributed by atoms with Crippen LogP contribution in [0.2, 0.25) is 5.02 Å². The molecule has 0 amide bonds. The van der Waals surface area contributed by atoms with Gasteiger partial charge in [0, 0.05) is 29.2 Å². The molecule has 5 rings (SSSR count). The van der Waals surface area contributed by atoms with Crippen molar-refractivity contribution in [2.75, 3.05) is 26.5 Å². The van der Waals surface area contributed by atoms with Crippen LogP contribution in [0.4, 0.5) is 10.3 Å². The van der Waals surface area contributed by atoms with Crippen LogP contribution >= 0.6 is 11.6 Å². The average molecular weight is 584 g/mol. The molecule has 2 aromatic carbocycles. The van der Waals surface area contributed by atoms with E-state index in [1.54, 1.807) is 24.4 Å². The number of anilines is 1. The summed E-state index contributed by atoms with van der Waals surface area (Å²) in [5.41, 5.74) is 1.53. The molecule has 2 heterocycles. The monoisotopic (exact) mass is 583 g/mol. The van der Waals surface area contributed by atoms with Crippen LogP contribution in [0.15, 0.2) is 59.6 Å². The highest BCUT2D eigenvalue weighted by molar-refractivity contribution is 7.90. The van der Waals surface area contributed by atoms with Gasteiger partial charge in [0.05, 0.1) is 28.2 Å². The first-order valence-electron chi connectivity index (χ1n) is 13.1. The van der Waals surface area contributed by atoms with Gasteiger partial charge in [0.2, 0.25) is 11.8 Å². The van der Waals surface area contributed by atoms with Crippen molar-refractivity contribution in [3.63, 3.8) is 0 Å². The van der Waals surface area contributed by atoms with Crippen LogP contribution in [-0.4, -0.2) is 61.6 Å². The molecule has 0 atom stereocenters. The molecule has 0 unspecified atom stereocenters. The number of hydrogen-bond donors (Lipinski definition) is 1. The van der Waals surface area contributed by atoms with E-state index in [0.29, 0.717) is 29.2 Å². The SMILES string of the molecule is COc1nc(CS(=O)(=O)c2ccccc2Cl)c(F)cc1-c1ccc2nc(NC3CCC(N(C)C)CC3)ncc2c1. The average Bonchev–Trinajstić information content (AvgIpc) is 2.94. The lowest BCUT2D eigenvalue weighted by Crippen LogP contribution is -2.36. The number of halogens is 2. The Kier molecular flexibility index (Phi) is 8.21. The highest BCUT2D eigenvalue weighted by Gasteiger charge is 2.25. The van der Waals surface area contributed by atoms with Gasteiger partial charge in [-0.3, -0.25) is 0 Å². The molecule has 2 aromatic heterocycles. The zero-order valence-electron chi connectivity index (χ0n) is 22.6. The number of nitrogens with zero attached hydrogens (tertiary/aromatic N) is 4. The van der Waals surface area contributed by atoms with E-state index in [2.05, 4.69) is 39.3 Å². The van der Waals surface area contributed by atoms with E-state index in [-0.39, 0.29) is 21.5 Å². The van der Waals surface area contributed by atoms with Crippen LogP contribution in [0.1, 0.15) is 31.4 Å². The van der Waals surface area contributed by atoms with Crippen LogP contribution in [0.25, 0.3) is 22.0 Å². The van der Waals surface area contributed by atoms with Crippen molar-refractivity contribution >= 4 is 38.3 Å². The molecule has 8 nitrogen and oxygen atoms in total. The Morgan fingerprint density at radius 3 is 2.52 bits per heavy atom. The quantitative estimate of drug-likeness (QED) is 0.280. The fraction of sp³-hybridized carbons (Fsp3) is 0.345. The molecule has 1 fully saturated rings. The Hall–Kier alpha value is -3.34. The fourth-order valence-electron chi connectivity index (χ4n) is 5.12. The molecule has 4 aromatic rings. The Balaban J connectivity index is 1.37. The minimum atomic E-state index is -3.93. The zero-order chi connectivity index (χ0) is 28.4. The molecule has 0 radical (unpaired) electrons. The minimum Gasteiger partial charge on any atom is -0.481 e. The lowest BCUT2D eigenvalue weighted by molar-refractivity contribution is 0.221. The number of ether oxygens (including phenoxy) is 1. The molecule has 40 heavy (non-hydrogen) atoms. The van der Waals surface area contributed by atoms with Crippen LogP contribution in [0.3, 0.4) is 0 Å². The molecule has 210 valence electrons. The van der Waals surface area contributed by atoms with Crippen molar-refractivity contribution < 1.29 is 17.5 Å². The molecular weight excluding hydrogens is 553 g/mol. The van der Waals surface area contributed by atoms with Gasteiger partial charge >= 0.3 is 0 Å². The highest BCUT2D eigenvalue weighted by Crippen LogP contribution is 2.33. The van der Waals surface area contributed by atoms with Crippen LogP contribution in [-0.2, 0) is 15.6 Å². The van der Waals surface area contributed by atoms with Crippen molar-refractivity contribution in [1.82, 2.24) is 19.9 Å². The van der Waals surface area contributed by atoms with Crippen LogP contribution in [0.5, 0.6) is 5.88 Å². The summed E-state index contributed by atoms with van der Waals surface area (Å²) in [7, 11) is 1.72. The Morgan fingerprint density at radius 2 is 1.82 bits per heavy atom. The number of sulfone groups is 1. The van der Waals surface area contributed by atoms with E-state index in [9.17, 15) is 8.42 Å². The Labute approximate surface area is 238 Å². The summed E-state index contributed by atoms with van der Waals surface area (Å²) < 4.78 is 46.5. The van der Waals surface area contributed by atoms with E-state index in [1.807, 2.05) is 12.1 Å². The summed E-state index contributed by atoms with van der Waals surface area (Å²) in [5.74, 6) is -0.718. The predicted octanol–water partition coefficient (Wildman–Crippen LogP) is 5.75. The number of benzene rings is 2. The van der Waals surface area contributed by atoms with Gasteiger partial charge in [0.25, 0.3) is 0 Å². The first kappa shape index (κ1) is 28.2. The second kappa shape index (κ2) is 11.6. The van der Waals surface area contributed by atoms with E-state index in [1.165, 1.54) is 25.3 Å². The topological polar surface area (TPSA) is 97.3 Å². The molecule has 1 saturated carbocycles. The number of pyridine rings is 1. The van der Waals surface area contributed by atoms with Crippen LogP contribution < -0.4 is 10.1 Å². The summed E-state index contributed by atoms with van der Waals surface area (Å²) in [6.45, 7) is 0. The normalized spacial score (nSPS) is 17.8. The van der Waals surface area contributed by atoms with E-state index < -0.39 is 21.4 Å². The first-order valence-corrected chi connectivity index (χ1v) is 15.1. The largest absolute Gasteiger partial charge is 0.481 e. The van der Waals surface area contributed by atoms with Gasteiger partial charge in [-0.2, -0.15) is 0 Å². The number of methoxy groups -OCH3 is 1. The predicted molar refractivity (Wildman–Crippen MR) is 155 cm³/mol. The first-order chi connectivity index (χ1) is 19.1. The van der Waals surface area contributed by atoms with Gasteiger partial charge in [0.1, 0.15) is 11.6 Å². The van der Waals surface area contributed by atoms with E-state index in [4.69, 9.17) is 16.3 Å². The van der Waals surface area contributed by atoms with Crippen molar-refractivity contribution in [1.29, 1.82) is 0 Å². The summed E-state index contributed by atoms with van der Waals surface area (Å²) in [5, 5.41) is 4.31. The van der Waals surface area contributed by atoms with Gasteiger partial charge < -0.3 is 15.0 Å². The van der Waals surface area contributed by atoms with Crippen molar-refractivity contribution in [2.24, 2.45) is 0 Å². The second-order valence-corrected chi connectivity index (χ2v) is 12.6.